The van der Waals surface area contributed by atoms with Crippen LogP contribution in [0.25, 0.3) is 0 Å². The van der Waals surface area contributed by atoms with Gasteiger partial charge in [-0.15, -0.1) is 5.10 Å². The van der Waals surface area contributed by atoms with E-state index in [4.69, 9.17) is 0 Å². The van der Waals surface area contributed by atoms with E-state index in [0.717, 1.165) is 0 Å². The average Bonchev–Trinajstić information content (AvgIpc) is 3.25. The third-order valence-electron chi connectivity index (χ3n) is 4.01. The SMILES string of the molecule is c1cc[o+]cc1.c1ccccc1.c1ccncc1.c1ccnnc1.c1cnccn1.c1cncnc1.c1cnncn1.c1ncncn1. The Bertz CT molecular complexity index is 1000. The zero-order valence-corrected chi connectivity index (χ0v) is 25.9. The van der Waals surface area contributed by atoms with Crippen molar-refractivity contribution in [1.29, 1.82) is 0 Å². The fourth-order valence-corrected chi connectivity index (χ4v) is 2.16. The normalized spacial score (nSPS) is 8.00. The molecule has 0 aliphatic heterocycles. The summed E-state index contributed by atoms with van der Waals surface area (Å²) in [6.45, 7) is 0. The molecule has 7 heterocycles. The van der Waals surface area contributed by atoms with Crippen LogP contribution in [0.3, 0.4) is 0 Å². The van der Waals surface area contributed by atoms with E-state index < -0.39 is 0 Å². The molecule has 0 saturated heterocycles. The van der Waals surface area contributed by atoms with Crippen LogP contribution in [-0.2, 0) is 0 Å². The summed E-state index contributed by atoms with van der Waals surface area (Å²) in [7, 11) is 0. The zero-order chi connectivity index (χ0) is 33.9. The van der Waals surface area contributed by atoms with Gasteiger partial charge in [-0.25, -0.2) is 34.3 Å². The summed E-state index contributed by atoms with van der Waals surface area (Å²) >= 11 is 0. The molecular formula is C34H34N13O+. The Morgan fingerprint density at radius 3 is 0.729 bits per heavy atom. The lowest BCUT2D eigenvalue weighted by Gasteiger charge is -1.70. The van der Waals surface area contributed by atoms with Crippen molar-refractivity contribution in [2.75, 3.05) is 0 Å². The van der Waals surface area contributed by atoms with Gasteiger partial charge in [-0.3, -0.25) is 15.0 Å². The lowest BCUT2D eigenvalue weighted by Crippen LogP contribution is -1.75. The Labute approximate surface area is 278 Å². The van der Waals surface area contributed by atoms with E-state index in [-0.39, 0.29) is 0 Å². The highest BCUT2D eigenvalue weighted by molar-refractivity contribution is 4.99. The monoisotopic (exact) mass is 640 g/mol. The molecule has 0 bridgehead atoms. The van der Waals surface area contributed by atoms with Crippen molar-refractivity contribution in [2.24, 2.45) is 0 Å². The Kier molecular flexibility index (Phi) is 29.1. The van der Waals surface area contributed by atoms with Crippen molar-refractivity contribution < 1.29 is 4.42 Å². The maximum Gasteiger partial charge on any atom is 0.317 e. The summed E-state index contributed by atoms with van der Waals surface area (Å²) in [5.74, 6) is 0. The number of pyridine rings is 1. The minimum Gasteiger partial charge on any atom is -0.265 e. The second kappa shape index (κ2) is 36.0. The van der Waals surface area contributed by atoms with Crippen LogP contribution in [0.4, 0.5) is 0 Å². The molecular weight excluding hydrogens is 606 g/mol. The molecule has 0 radical (unpaired) electrons. The molecule has 48 heavy (non-hydrogen) atoms. The smallest absolute Gasteiger partial charge is 0.265 e. The van der Waals surface area contributed by atoms with Crippen LogP contribution in [-0.4, -0.2) is 65.3 Å². The van der Waals surface area contributed by atoms with Gasteiger partial charge in [0.1, 0.15) is 31.6 Å². The Morgan fingerprint density at radius 1 is 0.208 bits per heavy atom. The molecule has 0 saturated carbocycles. The van der Waals surface area contributed by atoms with Gasteiger partial charge in [-0.2, -0.15) is 15.3 Å². The van der Waals surface area contributed by atoms with Gasteiger partial charge in [0.25, 0.3) is 0 Å². The third kappa shape index (κ3) is 33.3. The van der Waals surface area contributed by atoms with Crippen molar-refractivity contribution in [3.8, 4) is 0 Å². The van der Waals surface area contributed by atoms with E-state index in [2.05, 4.69) is 69.7 Å². The van der Waals surface area contributed by atoms with Crippen molar-refractivity contribution >= 4 is 0 Å². The van der Waals surface area contributed by atoms with Crippen LogP contribution < -0.4 is 0 Å². The van der Waals surface area contributed by atoms with Gasteiger partial charge >= 0.3 is 12.5 Å². The van der Waals surface area contributed by atoms with Crippen LogP contribution in [0, 0.1) is 0 Å². The van der Waals surface area contributed by atoms with Gasteiger partial charge in [0.15, 0.2) is 0 Å². The van der Waals surface area contributed by atoms with Gasteiger partial charge in [0.05, 0.1) is 6.20 Å². The average molecular weight is 641 g/mol. The van der Waals surface area contributed by atoms with E-state index in [0.29, 0.717) is 0 Å². The molecule has 8 aromatic rings. The fraction of sp³-hybridized carbons (Fsp3) is 0. The van der Waals surface area contributed by atoms with Gasteiger partial charge in [0, 0.05) is 80.3 Å². The molecule has 0 N–H and O–H groups in total. The lowest BCUT2D eigenvalue weighted by molar-refractivity contribution is 0.550. The minimum absolute atomic E-state index is 1.39. The molecule has 7 aromatic heterocycles. The lowest BCUT2D eigenvalue weighted by atomic mass is 10.4. The Balaban J connectivity index is 0.000000274. The summed E-state index contributed by atoms with van der Waals surface area (Å²) in [5.41, 5.74) is 0. The van der Waals surface area contributed by atoms with E-state index in [9.17, 15) is 0 Å². The number of aromatic nitrogens is 13. The van der Waals surface area contributed by atoms with E-state index in [1.807, 2.05) is 84.9 Å². The molecule has 0 spiro atoms. The molecule has 1 aromatic carbocycles. The summed E-state index contributed by atoms with van der Waals surface area (Å²) in [6, 6.07) is 28.7. The quantitative estimate of drug-likeness (QED) is 0.190. The molecule has 240 valence electrons. The topological polar surface area (TPSA) is 179 Å². The third-order valence-corrected chi connectivity index (χ3v) is 4.01. The summed E-state index contributed by atoms with van der Waals surface area (Å²) in [5, 5.41) is 14.0. The maximum atomic E-state index is 4.68. The standard InChI is InChI=1S/C6H6.C5H5N.C5H5O.3C4H4N2.2C3H3N3/c3*1-2-4-6-5-3-1;1-2-6-4-3-5-1;1-2-5-4-6-3-1;1-2-4-6-5-3-1;1-4-2-6-3-5-1;1-2-5-6-3-4-1/h1-6H;2*1-5H;3*1-4H;2*1-3H/q;;+1;;;;;. The van der Waals surface area contributed by atoms with E-state index in [1.165, 1.54) is 37.8 Å². The van der Waals surface area contributed by atoms with Crippen LogP contribution in [0.15, 0.2) is 214 Å². The highest BCUT2D eigenvalue weighted by Gasteiger charge is 1.73. The number of benzene rings is 1. The molecule has 0 amide bonds. The van der Waals surface area contributed by atoms with Crippen LogP contribution >= 0.6 is 0 Å². The van der Waals surface area contributed by atoms with Crippen LogP contribution in [0.1, 0.15) is 0 Å². The second-order valence-electron chi connectivity index (χ2n) is 7.46. The van der Waals surface area contributed by atoms with Crippen molar-refractivity contribution in [3.05, 3.63) is 210 Å². The highest BCUT2D eigenvalue weighted by atomic mass is 16.3. The molecule has 0 fully saturated rings. The first kappa shape index (κ1) is 38.8. The first-order valence-corrected chi connectivity index (χ1v) is 13.9. The molecule has 14 heteroatoms. The molecule has 0 atom stereocenters. The van der Waals surface area contributed by atoms with E-state index in [1.54, 1.807) is 86.8 Å². The number of hydrogen-bond donors (Lipinski definition) is 0. The predicted octanol–water partition coefficient (Wildman–Crippen LogP) is 5.50. The first-order valence-electron chi connectivity index (χ1n) is 13.9. The van der Waals surface area contributed by atoms with Crippen LogP contribution in [0.2, 0.25) is 0 Å². The second-order valence-corrected chi connectivity index (χ2v) is 7.46. The first-order chi connectivity index (χ1) is 24.0. The van der Waals surface area contributed by atoms with Gasteiger partial charge in [0.2, 0.25) is 0 Å². The minimum atomic E-state index is 1.39. The van der Waals surface area contributed by atoms with Gasteiger partial charge in [-0.1, -0.05) is 42.5 Å². The largest absolute Gasteiger partial charge is 0.317 e. The number of nitrogens with zero attached hydrogens (tertiary/aromatic N) is 13. The molecule has 14 nitrogen and oxygen atoms in total. The number of rotatable bonds is 0. The zero-order valence-electron chi connectivity index (χ0n) is 25.9. The van der Waals surface area contributed by atoms with Crippen molar-refractivity contribution in [1.82, 2.24) is 65.3 Å². The van der Waals surface area contributed by atoms with Gasteiger partial charge in [-0.05, 0) is 36.4 Å². The van der Waals surface area contributed by atoms with E-state index >= 15 is 0 Å². The molecule has 8 rings (SSSR count). The highest BCUT2D eigenvalue weighted by Crippen LogP contribution is 1.80. The van der Waals surface area contributed by atoms with Crippen LogP contribution in [0.5, 0.6) is 0 Å². The summed E-state index contributed by atoms with van der Waals surface area (Å²) in [6.07, 6.45) is 30.3. The van der Waals surface area contributed by atoms with Crippen molar-refractivity contribution in [2.45, 2.75) is 0 Å². The van der Waals surface area contributed by atoms with Crippen molar-refractivity contribution in [3.63, 3.8) is 0 Å². The fourth-order valence-electron chi connectivity index (χ4n) is 2.16. The molecule has 0 aliphatic carbocycles. The maximum absolute atomic E-state index is 4.68. The predicted molar refractivity (Wildman–Crippen MR) is 180 cm³/mol. The molecule has 0 aliphatic rings. The number of hydrogen-bond acceptors (Lipinski definition) is 13. The summed E-state index contributed by atoms with van der Waals surface area (Å²) in [4.78, 5) is 32.9. The summed E-state index contributed by atoms with van der Waals surface area (Å²) < 4.78 is 4.68. The Hall–Kier alpha value is -7.22. The van der Waals surface area contributed by atoms with Gasteiger partial charge < -0.3 is 0 Å². The Morgan fingerprint density at radius 2 is 0.562 bits per heavy atom. The molecule has 0 unspecified atom stereocenters.